The third kappa shape index (κ3) is 2.46. The summed E-state index contributed by atoms with van der Waals surface area (Å²) in [6.45, 7) is 0. The zero-order valence-corrected chi connectivity index (χ0v) is 12.4. The van der Waals surface area contributed by atoms with Gasteiger partial charge in [-0.1, -0.05) is 11.6 Å². The number of hydrogen-bond acceptors (Lipinski definition) is 3. The summed E-state index contributed by atoms with van der Waals surface area (Å²) in [5, 5.41) is 0. The summed E-state index contributed by atoms with van der Waals surface area (Å²) in [5.74, 6) is 0.694. The molecule has 1 aromatic rings. The Hall–Kier alpha value is -0.0900. The molecule has 18 heavy (non-hydrogen) atoms. The van der Waals surface area contributed by atoms with E-state index in [1.807, 2.05) is 6.07 Å². The Labute approximate surface area is 118 Å². The molecule has 0 saturated carbocycles. The van der Waals surface area contributed by atoms with Gasteiger partial charge >= 0.3 is 0 Å². The van der Waals surface area contributed by atoms with Gasteiger partial charge in [0.15, 0.2) is 0 Å². The van der Waals surface area contributed by atoms with Crippen LogP contribution in [0.3, 0.4) is 0 Å². The van der Waals surface area contributed by atoms with E-state index in [-0.39, 0.29) is 0 Å². The highest BCUT2D eigenvalue weighted by Crippen LogP contribution is 2.39. The van der Waals surface area contributed by atoms with Crippen LogP contribution in [0.1, 0.15) is 30.6 Å². The van der Waals surface area contributed by atoms with Gasteiger partial charge in [-0.2, -0.15) is 0 Å². The molecule has 1 aromatic heterocycles. The maximum atomic E-state index is 6.43. The first-order valence-electron chi connectivity index (χ1n) is 6.85. The second kappa shape index (κ2) is 5.12. The van der Waals surface area contributed by atoms with Crippen LogP contribution >= 0.6 is 22.9 Å². The monoisotopic (exact) mass is 284 g/mol. The second-order valence-corrected chi connectivity index (χ2v) is 7.66. The smallest absolute Gasteiger partial charge is 0.0931 e. The van der Waals surface area contributed by atoms with Crippen molar-refractivity contribution >= 4 is 22.9 Å². The van der Waals surface area contributed by atoms with Gasteiger partial charge in [-0.05, 0) is 57.2 Å². The lowest BCUT2D eigenvalue weighted by molar-refractivity contribution is 0.121. The molecule has 3 unspecified atom stereocenters. The molecule has 2 aliphatic heterocycles. The van der Waals surface area contributed by atoms with Crippen LogP contribution in [-0.4, -0.2) is 30.1 Å². The van der Waals surface area contributed by atoms with Crippen molar-refractivity contribution < 1.29 is 0 Å². The molecule has 2 N–H and O–H groups in total. The Morgan fingerprint density at radius 3 is 2.61 bits per heavy atom. The highest BCUT2D eigenvalue weighted by Gasteiger charge is 2.40. The maximum absolute atomic E-state index is 6.43. The molecule has 2 nitrogen and oxygen atoms in total. The van der Waals surface area contributed by atoms with E-state index in [0.29, 0.717) is 12.0 Å². The summed E-state index contributed by atoms with van der Waals surface area (Å²) >= 11 is 7.65. The van der Waals surface area contributed by atoms with Crippen LogP contribution in [-0.2, 0) is 6.42 Å². The van der Waals surface area contributed by atoms with Gasteiger partial charge in [-0.25, -0.2) is 0 Å². The van der Waals surface area contributed by atoms with E-state index in [1.54, 1.807) is 11.3 Å². The molecular weight excluding hydrogens is 264 g/mol. The van der Waals surface area contributed by atoms with E-state index in [1.165, 1.54) is 30.6 Å². The zero-order valence-electron chi connectivity index (χ0n) is 10.8. The SMILES string of the molecule is CN1C2CCC1CC(C(N)Cc1ccc(Cl)s1)C2. The molecule has 0 aromatic carbocycles. The Bertz CT molecular complexity index is 406. The fraction of sp³-hybridized carbons (Fsp3) is 0.714. The van der Waals surface area contributed by atoms with Gasteiger partial charge in [0.05, 0.1) is 4.34 Å². The summed E-state index contributed by atoms with van der Waals surface area (Å²) < 4.78 is 0.876. The summed E-state index contributed by atoms with van der Waals surface area (Å²) in [6.07, 6.45) is 6.30. The molecule has 0 radical (unpaired) electrons. The minimum Gasteiger partial charge on any atom is -0.327 e. The van der Waals surface area contributed by atoms with Crippen molar-refractivity contribution in [3.63, 3.8) is 0 Å². The van der Waals surface area contributed by atoms with E-state index in [4.69, 9.17) is 17.3 Å². The number of nitrogens with zero attached hydrogens (tertiary/aromatic N) is 1. The topological polar surface area (TPSA) is 29.3 Å². The fourth-order valence-corrected chi connectivity index (χ4v) is 4.82. The van der Waals surface area contributed by atoms with Crippen molar-refractivity contribution in [2.24, 2.45) is 11.7 Å². The summed E-state index contributed by atoms with van der Waals surface area (Å²) in [6, 6.07) is 5.97. The summed E-state index contributed by atoms with van der Waals surface area (Å²) in [5.41, 5.74) is 6.43. The second-order valence-electron chi connectivity index (χ2n) is 5.86. The van der Waals surface area contributed by atoms with Crippen LogP contribution in [0.25, 0.3) is 0 Å². The van der Waals surface area contributed by atoms with Gasteiger partial charge in [-0.3, -0.25) is 0 Å². The Morgan fingerprint density at radius 2 is 2.06 bits per heavy atom. The van der Waals surface area contributed by atoms with Crippen LogP contribution in [0.15, 0.2) is 12.1 Å². The van der Waals surface area contributed by atoms with Crippen LogP contribution in [0.4, 0.5) is 0 Å². The number of nitrogens with two attached hydrogens (primary N) is 1. The molecule has 2 saturated heterocycles. The standard InChI is InChI=1S/C14H21ClN2S/c1-17-10-2-3-11(17)7-9(6-10)13(16)8-12-4-5-14(15)18-12/h4-5,9-11,13H,2-3,6-8,16H2,1H3. The normalized spacial score (nSPS) is 33.8. The lowest BCUT2D eigenvalue weighted by atomic mass is 9.84. The number of hydrogen-bond donors (Lipinski definition) is 1. The molecule has 0 amide bonds. The number of fused-ring (bicyclic) bond motifs is 2. The maximum Gasteiger partial charge on any atom is 0.0931 e. The average molecular weight is 285 g/mol. The Balaban J connectivity index is 1.62. The minimum atomic E-state index is 0.302. The van der Waals surface area contributed by atoms with Gasteiger partial charge in [-0.15, -0.1) is 11.3 Å². The first kappa shape index (κ1) is 12.9. The van der Waals surface area contributed by atoms with Crippen LogP contribution in [0.5, 0.6) is 0 Å². The predicted molar refractivity (Wildman–Crippen MR) is 78.3 cm³/mol. The summed E-state index contributed by atoms with van der Waals surface area (Å²) in [4.78, 5) is 3.91. The zero-order chi connectivity index (χ0) is 12.7. The van der Waals surface area contributed by atoms with Gasteiger partial charge in [0.25, 0.3) is 0 Å². The lowest BCUT2D eigenvalue weighted by Gasteiger charge is -2.38. The predicted octanol–water partition coefficient (Wildman–Crippen LogP) is 3.14. The molecule has 3 heterocycles. The number of halogens is 1. The molecule has 100 valence electrons. The van der Waals surface area contributed by atoms with Crippen molar-refractivity contribution in [2.45, 2.75) is 50.2 Å². The summed E-state index contributed by atoms with van der Waals surface area (Å²) in [7, 11) is 2.28. The van der Waals surface area contributed by atoms with Crippen molar-refractivity contribution in [2.75, 3.05) is 7.05 Å². The molecule has 4 heteroatoms. The van der Waals surface area contributed by atoms with E-state index >= 15 is 0 Å². The van der Waals surface area contributed by atoms with Crippen molar-refractivity contribution in [1.82, 2.24) is 4.90 Å². The van der Waals surface area contributed by atoms with Crippen LogP contribution in [0, 0.1) is 5.92 Å². The highest BCUT2D eigenvalue weighted by molar-refractivity contribution is 7.16. The highest BCUT2D eigenvalue weighted by atomic mass is 35.5. The Morgan fingerprint density at radius 1 is 1.39 bits per heavy atom. The van der Waals surface area contributed by atoms with Crippen LogP contribution < -0.4 is 5.73 Å². The van der Waals surface area contributed by atoms with Crippen molar-refractivity contribution in [3.05, 3.63) is 21.3 Å². The first-order chi connectivity index (χ1) is 8.63. The fourth-order valence-electron chi connectivity index (χ4n) is 3.66. The third-order valence-corrected chi connectivity index (χ3v) is 6.06. The third-order valence-electron chi connectivity index (χ3n) is 4.81. The van der Waals surface area contributed by atoms with E-state index in [2.05, 4.69) is 18.0 Å². The number of piperidine rings is 1. The van der Waals surface area contributed by atoms with E-state index in [0.717, 1.165) is 22.8 Å². The van der Waals surface area contributed by atoms with Crippen molar-refractivity contribution in [3.8, 4) is 0 Å². The molecule has 3 atom stereocenters. The van der Waals surface area contributed by atoms with Crippen molar-refractivity contribution in [1.29, 1.82) is 0 Å². The number of thiophene rings is 1. The van der Waals surface area contributed by atoms with Crippen LogP contribution in [0.2, 0.25) is 4.34 Å². The lowest BCUT2D eigenvalue weighted by Crippen LogP contribution is -2.46. The van der Waals surface area contributed by atoms with Gasteiger partial charge in [0, 0.05) is 23.0 Å². The molecule has 2 bridgehead atoms. The minimum absolute atomic E-state index is 0.302. The molecule has 0 spiro atoms. The van der Waals surface area contributed by atoms with Gasteiger partial charge in [0.1, 0.15) is 0 Å². The molecule has 2 aliphatic rings. The first-order valence-corrected chi connectivity index (χ1v) is 8.04. The van der Waals surface area contributed by atoms with Gasteiger partial charge in [0.2, 0.25) is 0 Å². The quantitative estimate of drug-likeness (QED) is 0.924. The van der Waals surface area contributed by atoms with E-state index in [9.17, 15) is 0 Å². The average Bonchev–Trinajstić information content (AvgIpc) is 2.80. The molecule has 0 aliphatic carbocycles. The largest absolute Gasteiger partial charge is 0.327 e. The molecule has 2 fully saturated rings. The molecule has 3 rings (SSSR count). The number of rotatable bonds is 3. The van der Waals surface area contributed by atoms with E-state index < -0.39 is 0 Å². The Kier molecular flexibility index (Phi) is 3.68. The molecular formula is C14H21ClN2S. The van der Waals surface area contributed by atoms with Gasteiger partial charge < -0.3 is 10.6 Å².